The first-order valence-corrected chi connectivity index (χ1v) is 9.16. The number of carbonyl (C=O) groups excluding carboxylic acids is 4. The van der Waals surface area contributed by atoms with E-state index in [0.29, 0.717) is 0 Å². The van der Waals surface area contributed by atoms with Crippen LogP contribution in [0.1, 0.15) is 27.7 Å². The molecule has 0 aromatic rings. The third-order valence-electron chi connectivity index (χ3n) is 3.40. The minimum absolute atomic E-state index is 0.231. The molecule has 0 radical (unpaired) electrons. The molecule has 0 aliphatic carbocycles. The van der Waals surface area contributed by atoms with Crippen LogP contribution in [0.4, 0.5) is 0 Å². The summed E-state index contributed by atoms with van der Waals surface area (Å²) >= 11 is 1.19. The third-order valence-corrected chi connectivity index (χ3v) is 4.47. The monoisotopic (exact) mass is 401 g/mol. The van der Waals surface area contributed by atoms with Crippen molar-refractivity contribution in [2.75, 3.05) is 12.4 Å². The van der Waals surface area contributed by atoms with E-state index >= 15 is 0 Å². The number of thioether (sulfide) groups is 1. The summed E-state index contributed by atoms with van der Waals surface area (Å²) in [5, 5.41) is 2.66. The Kier molecular flexibility index (Phi) is 9.11. The number of terminal acetylenes is 1. The van der Waals surface area contributed by atoms with E-state index in [0.717, 1.165) is 0 Å². The van der Waals surface area contributed by atoms with Gasteiger partial charge in [-0.2, -0.15) is 0 Å². The minimum atomic E-state index is -1.09. The fourth-order valence-electron chi connectivity index (χ4n) is 2.56. The van der Waals surface area contributed by atoms with Crippen LogP contribution >= 0.6 is 11.8 Å². The number of nitrogens with one attached hydrogen (secondary N) is 1. The van der Waals surface area contributed by atoms with Crippen molar-refractivity contribution >= 4 is 35.6 Å². The van der Waals surface area contributed by atoms with Crippen molar-refractivity contribution in [2.45, 2.75) is 57.5 Å². The first kappa shape index (κ1) is 22.8. The van der Waals surface area contributed by atoms with Crippen molar-refractivity contribution < 1.29 is 38.1 Å². The summed E-state index contributed by atoms with van der Waals surface area (Å²) in [6.45, 7) is 4.65. The van der Waals surface area contributed by atoms with Gasteiger partial charge in [0.2, 0.25) is 5.91 Å². The van der Waals surface area contributed by atoms with Crippen molar-refractivity contribution in [3.05, 3.63) is 0 Å². The SMILES string of the molecule is C#CCSC1OC(COC(C)=O)C(OC(C)=O)C(OC(C)=O)C1NC(C)=O. The van der Waals surface area contributed by atoms with Crippen LogP contribution in [0.3, 0.4) is 0 Å². The van der Waals surface area contributed by atoms with E-state index in [-0.39, 0.29) is 12.4 Å². The zero-order chi connectivity index (χ0) is 20.6. The predicted octanol–water partition coefficient (Wildman–Crippen LogP) is 0.00890. The van der Waals surface area contributed by atoms with Crippen LogP contribution in [-0.4, -0.2) is 66.0 Å². The van der Waals surface area contributed by atoms with Gasteiger partial charge in [0.25, 0.3) is 0 Å². The number of rotatable bonds is 7. The summed E-state index contributed by atoms with van der Waals surface area (Å²) < 4.78 is 21.5. The van der Waals surface area contributed by atoms with E-state index in [9.17, 15) is 19.2 Å². The molecule has 9 nitrogen and oxygen atoms in total. The molecule has 1 N–H and O–H groups in total. The lowest BCUT2D eigenvalue weighted by Gasteiger charge is -2.45. The first-order valence-electron chi connectivity index (χ1n) is 8.11. The molecule has 150 valence electrons. The normalized spacial score (nSPS) is 27.0. The molecule has 0 saturated carbocycles. The van der Waals surface area contributed by atoms with Gasteiger partial charge in [-0.3, -0.25) is 19.2 Å². The molecule has 1 amide bonds. The zero-order valence-electron chi connectivity index (χ0n) is 15.6. The van der Waals surface area contributed by atoms with Crippen LogP contribution in [0.15, 0.2) is 0 Å². The van der Waals surface area contributed by atoms with Gasteiger partial charge >= 0.3 is 17.9 Å². The lowest BCUT2D eigenvalue weighted by atomic mass is 9.97. The highest BCUT2D eigenvalue weighted by Crippen LogP contribution is 2.32. The van der Waals surface area contributed by atoms with Crippen LogP contribution in [0.2, 0.25) is 0 Å². The Bertz CT molecular complexity index is 617. The van der Waals surface area contributed by atoms with Gasteiger partial charge in [0.05, 0.1) is 5.75 Å². The second-order valence-corrected chi connectivity index (χ2v) is 6.82. The third kappa shape index (κ3) is 7.48. The lowest BCUT2D eigenvalue weighted by Crippen LogP contribution is -2.65. The van der Waals surface area contributed by atoms with Crippen LogP contribution in [-0.2, 0) is 38.1 Å². The average molecular weight is 401 g/mol. The Hall–Kier alpha value is -2.25. The Morgan fingerprint density at radius 1 is 1.04 bits per heavy atom. The molecular formula is C17H23NO8S. The number of amides is 1. The van der Waals surface area contributed by atoms with Crippen molar-refractivity contribution in [2.24, 2.45) is 0 Å². The molecule has 1 rings (SSSR count). The van der Waals surface area contributed by atoms with Gasteiger partial charge in [-0.15, -0.1) is 18.2 Å². The second kappa shape index (κ2) is 10.8. The molecule has 1 fully saturated rings. The Balaban J connectivity index is 3.25. The number of hydrogen-bond acceptors (Lipinski definition) is 9. The maximum Gasteiger partial charge on any atom is 0.303 e. The number of esters is 3. The Morgan fingerprint density at radius 2 is 1.63 bits per heavy atom. The number of ether oxygens (including phenoxy) is 4. The van der Waals surface area contributed by atoms with Gasteiger partial charge in [-0.05, 0) is 0 Å². The highest BCUT2D eigenvalue weighted by atomic mass is 32.2. The molecule has 0 bridgehead atoms. The summed E-state index contributed by atoms with van der Waals surface area (Å²) in [4.78, 5) is 46.0. The summed E-state index contributed by atoms with van der Waals surface area (Å²) in [5.41, 5.74) is -0.721. The van der Waals surface area contributed by atoms with Crippen molar-refractivity contribution in [1.29, 1.82) is 0 Å². The van der Waals surface area contributed by atoms with Crippen molar-refractivity contribution in [1.82, 2.24) is 5.32 Å². The molecule has 27 heavy (non-hydrogen) atoms. The largest absolute Gasteiger partial charge is 0.463 e. The van der Waals surface area contributed by atoms with E-state index in [1.165, 1.54) is 39.5 Å². The highest BCUT2D eigenvalue weighted by Gasteiger charge is 2.50. The molecule has 0 aromatic carbocycles. The van der Waals surface area contributed by atoms with Crippen molar-refractivity contribution in [3.63, 3.8) is 0 Å². The molecule has 1 aliphatic heterocycles. The summed E-state index contributed by atoms with van der Waals surface area (Å²) in [5.74, 6) is 0.464. The van der Waals surface area contributed by atoms with Gasteiger partial charge in [-0.1, -0.05) is 5.92 Å². The predicted molar refractivity (Wildman–Crippen MR) is 95.3 cm³/mol. The smallest absolute Gasteiger partial charge is 0.303 e. The first-order chi connectivity index (χ1) is 12.6. The zero-order valence-corrected chi connectivity index (χ0v) is 16.4. The van der Waals surface area contributed by atoms with Crippen molar-refractivity contribution in [3.8, 4) is 12.3 Å². The minimum Gasteiger partial charge on any atom is -0.463 e. The maximum absolute atomic E-state index is 11.7. The van der Waals surface area contributed by atoms with E-state index in [1.54, 1.807) is 0 Å². The molecule has 0 aromatic heterocycles. The Labute approximate surface area is 161 Å². The second-order valence-electron chi connectivity index (χ2n) is 5.74. The summed E-state index contributed by atoms with van der Waals surface area (Å²) in [7, 11) is 0. The topological polar surface area (TPSA) is 117 Å². The van der Waals surface area contributed by atoms with Crippen LogP contribution in [0.25, 0.3) is 0 Å². The molecule has 5 atom stereocenters. The molecule has 1 saturated heterocycles. The number of hydrogen-bond donors (Lipinski definition) is 1. The van der Waals surface area contributed by atoms with E-state index in [2.05, 4.69) is 11.2 Å². The van der Waals surface area contributed by atoms with Crippen LogP contribution < -0.4 is 5.32 Å². The van der Waals surface area contributed by atoms with Gasteiger partial charge < -0.3 is 24.3 Å². The fraction of sp³-hybridized carbons (Fsp3) is 0.647. The standard InChI is InChI=1S/C17H23NO8S/c1-6-7-27-17-14(18-9(2)19)16(25-12(5)22)15(24-11(4)21)13(26-17)8-23-10(3)20/h1,13-17H,7-8H2,2-5H3,(H,18,19). The van der Waals surface area contributed by atoms with E-state index < -0.39 is 53.6 Å². The molecule has 0 spiro atoms. The molecule has 1 heterocycles. The fourth-order valence-corrected chi connectivity index (χ4v) is 3.48. The van der Waals surface area contributed by atoms with Gasteiger partial charge in [-0.25, -0.2) is 0 Å². The molecule has 1 aliphatic rings. The van der Waals surface area contributed by atoms with Gasteiger partial charge in [0.15, 0.2) is 12.2 Å². The average Bonchev–Trinajstić information content (AvgIpc) is 2.54. The van der Waals surface area contributed by atoms with E-state index in [1.807, 2.05) is 0 Å². The highest BCUT2D eigenvalue weighted by molar-refractivity contribution is 8.00. The molecule has 10 heteroatoms. The summed E-state index contributed by atoms with van der Waals surface area (Å²) in [6, 6.07) is -0.831. The summed E-state index contributed by atoms with van der Waals surface area (Å²) in [6.07, 6.45) is 2.23. The van der Waals surface area contributed by atoms with E-state index in [4.69, 9.17) is 25.4 Å². The quantitative estimate of drug-likeness (QED) is 0.357. The van der Waals surface area contributed by atoms with Gasteiger partial charge in [0, 0.05) is 27.7 Å². The molecule has 5 unspecified atom stereocenters. The van der Waals surface area contributed by atoms with Gasteiger partial charge in [0.1, 0.15) is 24.2 Å². The van der Waals surface area contributed by atoms with Crippen LogP contribution in [0, 0.1) is 12.3 Å². The maximum atomic E-state index is 11.7. The number of carbonyl (C=O) groups is 4. The lowest BCUT2D eigenvalue weighted by molar-refractivity contribution is -0.211. The molecular weight excluding hydrogens is 378 g/mol. The van der Waals surface area contributed by atoms with Crippen LogP contribution in [0.5, 0.6) is 0 Å². The Morgan fingerprint density at radius 3 is 2.11 bits per heavy atom.